The molecule has 3 aromatic carbocycles. The number of hydrogen-bond acceptors (Lipinski definition) is 7. The van der Waals surface area contributed by atoms with Crippen LogP contribution < -0.4 is 14.2 Å². The zero-order chi connectivity index (χ0) is 22.3. The number of ether oxygens (including phenoxy) is 3. The number of fused-ring (bicyclic) bond motifs is 1. The van der Waals surface area contributed by atoms with Crippen LogP contribution in [0, 0.1) is 6.92 Å². The third-order valence-corrected chi connectivity index (χ3v) is 5.63. The lowest BCUT2D eigenvalue weighted by molar-refractivity contribution is -0.136. The number of aryl methyl sites for hydroxylation is 1. The molecule has 4 rings (SSSR count). The highest BCUT2D eigenvalue weighted by Crippen LogP contribution is 2.54. The van der Waals surface area contributed by atoms with Gasteiger partial charge >= 0.3 is 5.97 Å². The lowest BCUT2D eigenvalue weighted by Crippen LogP contribution is -2.38. The number of rotatable bonds is 4. The van der Waals surface area contributed by atoms with Crippen LogP contribution in [0.4, 0.5) is 0 Å². The summed E-state index contributed by atoms with van der Waals surface area (Å²) in [6.07, 6.45) is -0.127. The normalized spacial score (nSPS) is 14.5. The molecule has 7 heteroatoms. The highest BCUT2D eigenvalue weighted by atomic mass is 16.5. The van der Waals surface area contributed by atoms with Gasteiger partial charge in [0.1, 0.15) is 11.5 Å². The average molecular weight is 422 g/mol. The molecule has 1 aliphatic rings. The maximum absolute atomic E-state index is 12.8. The van der Waals surface area contributed by atoms with Crippen molar-refractivity contribution in [1.82, 2.24) is 0 Å². The van der Waals surface area contributed by atoms with Gasteiger partial charge in [0.05, 0.1) is 31.6 Å². The summed E-state index contributed by atoms with van der Waals surface area (Å²) in [7, 11) is 2.86. The zero-order valence-electron chi connectivity index (χ0n) is 17.3. The Morgan fingerprint density at radius 3 is 1.90 bits per heavy atom. The second-order valence-electron chi connectivity index (χ2n) is 7.49. The number of carbonyl (C=O) groups excluding carboxylic acids is 1. The molecule has 0 unspecified atom stereocenters. The number of hydrogen-bond donors (Lipinski definition) is 3. The molecule has 0 radical (unpaired) electrons. The number of methoxy groups -OCH3 is 2. The van der Waals surface area contributed by atoms with E-state index in [1.807, 2.05) is 0 Å². The van der Waals surface area contributed by atoms with E-state index in [-0.39, 0.29) is 40.9 Å². The van der Waals surface area contributed by atoms with Crippen molar-refractivity contribution in [3.8, 4) is 34.5 Å². The van der Waals surface area contributed by atoms with Crippen molar-refractivity contribution in [1.29, 1.82) is 0 Å². The van der Waals surface area contributed by atoms with Gasteiger partial charge in [0.2, 0.25) is 0 Å². The van der Waals surface area contributed by atoms with Gasteiger partial charge in [0, 0.05) is 0 Å². The molecule has 0 aliphatic carbocycles. The summed E-state index contributed by atoms with van der Waals surface area (Å²) in [6, 6.07) is 12.8. The van der Waals surface area contributed by atoms with Crippen molar-refractivity contribution in [2.24, 2.45) is 0 Å². The quantitative estimate of drug-likeness (QED) is 0.434. The molecule has 1 heterocycles. The van der Waals surface area contributed by atoms with Gasteiger partial charge in [-0.25, -0.2) is 0 Å². The fourth-order valence-corrected chi connectivity index (χ4v) is 4.25. The fraction of sp³-hybridized carbons (Fsp3) is 0.208. The van der Waals surface area contributed by atoms with Crippen molar-refractivity contribution in [3.05, 3.63) is 70.8 Å². The maximum atomic E-state index is 12.8. The minimum Gasteiger partial charge on any atom is -0.507 e. The first-order chi connectivity index (χ1) is 14.8. The van der Waals surface area contributed by atoms with Crippen LogP contribution in [0.5, 0.6) is 34.5 Å². The molecule has 0 aromatic heterocycles. The van der Waals surface area contributed by atoms with E-state index in [0.717, 1.165) is 5.56 Å². The van der Waals surface area contributed by atoms with E-state index in [0.29, 0.717) is 16.7 Å². The Kier molecular flexibility index (Phi) is 4.89. The first-order valence-electron chi connectivity index (χ1n) is 9.60. The van der Waals surface area contributed by atoms with Crippen molar-refractivity contribution >= 4 is 5.97 Å². The maximum Gasteiger partial charge on any atom is 0.312 e. The Labute approximate surface area is 179 Å². The van der Waals surface area contributed by atoms with E-state index < -0.39 is 11.4 Å². The number of aromatic hydroxyl groups is 3. The van der Waals surface area contributed by atoms with Crippen molar-refractivity contribution < 1.29 is 34.3 Å². The molecule has 1 aliphatic heterocycles. The highest BCUT2D eigenvalue weighted by molar-refractivity contribution is 5.83. The van der Waals surface area contributed by atoms with E-state index >= 15 is 0 Å². The summed E-state index contributed by atoms with van der Waals surface area (Å²) in [4.78, 5) is 12.8. The summed E-state index contributed by atoms with van der Waals surface area (Å²) >= 11 is 0. The van der Waals surface area contributed by atoms with Crippen LogP contribution in [0.25, 0.3) is 0 Å². The van der Waals surface area contributed by atoms with Gasteiger partial charge in [-0.3, -0.25) is 4.79 Å². The molecule has 3 N–H and O–H groups in total. The third kappa shape index (κ3) is 3.18. The van der Waals surface area contributed by atoms with E-state index in [4.69, 9.17) is 14.2 Å². The highest BCUT2D eigenvalue weighted by Gasteiger charge is 2.47. The molecule has 0 amide bonds. The predicted molar refractivity (Wildman–Crippen MR) is 112 cm³/mol. The standard InChI is InChI=1S/C24H22O7/c1-13-8-18(27)23-21(9-13)31-22(28)12-24(23,14-4-6-16(25)19(10-14)29-2)15-5-7-17(26)20(11-15)30-3/h4-11,25-27H,12H2,1-3H3. The smallest absolute Gasteiger partial charge is 0.312 e. The largest absolute Gasteiger partial charge is 0.507 e. The van der Waals surface area contributed by atoms with Gasteiger partial charge in [-0.2, -0.15) is 0 Å². The second-order valence-corrected chi connectivity index (χ2v) is 7.49. The molecule has 0 spiro atoms. The Hall–Kier alpha value is -3.87. The molecule has 3 aromatic rings. The molecule has 0 atom stereocenters. The zero-order valence-corrected chi connectivity index (χ0v) is 17.3. The van der Waals surface area contributed by atoms with Crippen molar-refractivity contribution in [3.63, 3.8) is 0 Å². The van der Waals surface area contributed by atoms with Crippen molar-refractivity contribution in [2.75, 3.05) is 14.2 Å². The summed E-state index contributed by atoms with van der Waals surface area (Å²) in [5, 5.41) is 31.2. The van der Waals surface area contributed by atoms with Gasteiger partial charge in [-0.1, -0.05) is 12.1 Å². The van der Waals surface area contributed by atoms with E-state index in [1.54, 1.807) is 43.3 Å². The van der Waals surface area contributed by atoms with E-state index in [1.165, 1.54) is 26.4 Å². The first kappa shape index (κ1) is 20.4. The minimum absolute atomic E-state index is 0.0402. The molecule has 160 valence electrons. The Morgan fingerprint density at radius 1 is 0.839 bits per heavy atom. The lowest BCUT2D eigenvalue weighted by Gasteiger charge is -2.39. The van der Waals surface area contributed by atoms with Crippen LogP contribution in [-0.4, -0.2) is 35.5 Å². The van der Waals surface area contributed by atoms with Gasteiger partial charge in [-0.05, 0) is 60.0 Å². The molecule has 0 saturated heterocycles. The monoisotopic (exact) mass is 422 g/mol. The summed E-state index contributed by atoms with van der Waals surface area (Å²) < 4.78 is 16.1. The molecule has 0 bridgehead atoms. The van der Waals surface area contributed by atoms with Crippen molar-refractivity contribution in [2.45, 2.75) is 18.8 Å². The molecule has 0 saturated carbocycles. The van der Waals surface area contributed by atoms with Crippen LogP contribution in [-0.2, 0) is 10.2 Å². The van der Waals surface area contributed by atoms with Crippen LogP contribution in [0.15, 0.2) is 48.5 Å². The molecule has 0 fully saturated rings. The van der Waals surface area contributed by atoms with Crippen LogP contribution in [0.1, 0.15) is 28.7 Å². The molecule has 31 heavy (non-hydrogen) atoms. The summed E-state index contributed by atoms with van der Waals surface area (Å²) in [5.74, 6) is 0.0308. The predicted octanol–water partition coefficient (Wildman–Crippen LogP) is 3.77. The molecule has 7 nitrogen and oxygen atoms in total. The average Bonchev–Trinajstić information content (AvgIpc) is 2.73. The molecular formula is C24H22O7. The van der Waals surface area contributed by atoms with E-state index in [2.05, 4.69) is 0 Å². The Balaban J connectivity index is 2.13. The third-order valence-electron chi connectivity index (χ3n) is 5.63. The number of carbonyl (C=O) groups is 1. The summed E-state index contributed by atoms with van der Waals surface area (Å²) in [6.45, 7) is 1.79. The molecular weight excluding hydrogens is 400 g/mol. The van der Waals surface area contributed by atoms with Crippen LogP contribution in [0.3, 0.4) is 0 Å². The summed E-state index contributed by atoms with van der Waals surface area (Å²) in [5.41, 5.74) is 1.12. The number of phenols is 3. The van der Waals surface area contributed by atoms with Gasteiger partial charge in [0.15, 0.2) is 23.0 Å². The SMILES string of the molecule is COc1cc(C2(c3ccc(O)c(OC)c3)CC(=O)Oc3cc(C)cc(O)c32)ccc1O. The van der Waals surface area contributed by atoms with Gasteiger partial charge in [0.25, 0.3) is 0 Å². The fourth-order valence-electron chi connectivity index (χ4n) is 4.25. The number of phenolic OH excluding ortho intramolecular Hbond substituents is 3. The van der Waals surface area contributed by atoms with E-state index in [9.17, 15) is 20.1 Å². The Bertz CT molecular complexity index is 1130. The topological polar surface area (TPSA) is 105 Å². The number of esters is 1. The first-order valence-corrected chi connectivity index (χ1v) is 9.60. The number of benzene rings is 3. The van der Waals surface area contributed by atoms with Gasteiger partial charge in [-0.15, -0.1) is 0 Å². The van der Waals surface area contributed by atoms with Crippen LogP contribution in [0.2, 0.25) is 0 Å². The second kappa shape index (κ2) is 7.43. The van der Waals surface area contributed by atoms with Gasteiger partial charge < -0.3 is 29.5 Å². The van der Waals surface area contributed by atoms with Crippen LogP contribution >= 0.6 is 0 Å². The lowest BCUT2D eigenvalue weighted by atomic mass is 9.65. The Morgan fingerprint density at radius 2 is 1.39 bits per heavy atom. The minimum atomic E-state index is -1.19.